The van der Waals surface area contributed by atoms with Crippen LogP contribution in [0.4, 0.5) is 0 Å². The van der Waals surface area contributed by atoms with Gasteiger partial charge in [0.1, 0.15) is 17.1 Å². The van der Waals surface area contributed by atoms with E-state index in [1.807, 2.05) is 31.2 Å². The first-order valence-corrected chi connectivity index (χ1v) is 11.3. The van der Waals surface area contributed by atoms with Gasteiger partial charge in [-0.1, -0.05) is 39.0 Å². The summed E-state index contributed by atoms with van der Waals surface area (Å²) >= 11 is 0. The van der Waals surface area contributed by atoms with Gasteiger partial charge in [0.15, 0.2) is 0 Å². The Hall–Kier alpha value is -2.05. The molecular formula is C22H29NO4S. The maximum Gasteiger partial charge on any atom is 0.241 e. The van der Waals surface area contributed by atoms with Crippen LogP contribution in [0.5, 0.6) is 11.5 Å². The lowest BCUT2D eigenvalue weighted by atomic mass is 9.84. The minimum Gasteiger partial charge on any atom is -0.496 e. The fourth-order valence-corrected chi connectivity index (χ4v) is 5.13. The maximum atomic E-state index is 13.2. The van der Waals surface area contributed by atoms with Crippen LogP contribution in [0.15, 0.2) is 47.4 Å². The summed E-state index contributed by atoms with van der Waals surface area (Å²) in [6.45, 7) is 6.15. The van der Waals surface area contributed by atoms with Crippen molar-refractivity contribution in [2.45, 2.75) is 63.0 Å². The van der Waals surface area contributed by atoms with Gasteiger partial charge >= 0.3 is 0 Å². The number of ether oxygens (including phenoxy) is 2. The molecule has 0 amide bonds. The van der Waals surface area contributed by atoms with Crippen LogP contribution in [0.25, 0.3) is 0 Å². The Kier molecular flexibility index (Phi) is 6.01. The van der Waals surface area contributed by atoms with Gasteiger partial charge in [-0.3, -0.25) is 0 Å². The van der Waals surface area contributed by atoms with E-state index in [1.54, 1.807) is 25.3 Å². The molecule has 152 valence electrons. The van der Waals surface area contributed by atoms with Crippen LogP contribution in [-0.4, -0.2) is 21.1 Å². The molecule has 0 unspecified atom stereocenters. The third-order valence-corrected chi connectivity index (χ3v) is 7.20. The van der Waals surface area contributed by atoms with E-state index in [4.69, 9.17) is 9.47 Å². The second-order valence-electron chi connectivity index (χ2n) is 7.24. The Bertz CT molecular complexity index is 935. The van der Waals surface area contributed by atoms with Gasteiger partial charge in [0.05, 0.1) is 18.0 Å². The zero-order valence-electron chi connectivity index (χ0n) is 17.0. The van der Waals surface area contributed by atoms with Gasteiger partial charge in [0, 0.05) is 12.0 Å². The van der Waals surface area contributed by atoms with Gasteiger partial charge < -0.3 is 9.47 Å². The third kappa shape index (κ3) is 3.89. The van der Waals surface area contributed by atoms with E-state index in [0.717, 1.165) is 29.7 Å². The molecule has 0 radical (unpaired) electrons. The normalized spacial score (nSPS) is 18.2. The lowest BCUT2D eigenvalue weighted by Crippen LogP contribution is -2.44. The number of nitrogens with one attached hydrogen (secondary N) is 1. The average Bonchev–Trinajstić information content (AvgIpc) is 2.72. The molecule has 1 atom stereocenters. The molecule has 0 saturated heterocycles. The number of benzene rings is 2. The molecule has 0 aliphatic carbocycles. The van der Waals surface area contributed by atoms with Crippen LogP contribution in [0.1, 0.15) is 57.2 Å². The molecule has 0 aromatic heterocycles. The first-order chi connectivity index (χ1) is 13.4. The molecule has 1 aliphatic heterocycles. The van der Waals surface area contributed by atoms with Crippen molar-refractivity contribution in [2.24, 2.45) is 0 Å². The molecule has 0 saturated carbocycles. The molecule has 3 rings (SSSR count). The summed E-state index contributed by atoms with van der Waals surface area (Å²) in [4.78, 5) is 0.257. The molecule has 2 aromatic rings. The van der Waals surface area contributed by atoms with E-state index in [9.17, 15) is 8.42 Å². The zero-order valence-corrected chi connectivity index (χ0v) is 17.8. The Morgan fingerprint density at radius 2 is 1.86 bits per heavy atom. The van der Waals surface area contributed by atoms with Crippen LogP contribution < -0.4 is 14.2 Å². The minimum atomic E-state index is -3.69. The van der Waals surface area contributed by atoms with Crippen molar-refractivity contribution in [3.63, 3.8) is 0 Å². The van der Waals surface area contributed by atoms with E-state index in [1.165, 1.54) is 0 Å². The third-order valence-electron chi connectivity index (χ3n) is 5.73. The van der Waals surface area contributed by atoms with E-state index < -0.39 is 10.0 Å². The molecule has 0 spiro atoms. The monoisotopic (exact) mass is 403 g/mol. The highest BCUT2D eigenvalue weighted by Gasteiger charge is 2.40. The highest BCUT2D eigenvalue weighted by atomic mass is 32.2. The summed E-state index contributed by atoms with van der Waals surface area (Å²) in [7, 11) is -2.10. The minimum absolute atomic E-state index is 0.257. The number of fused-ring (bicyclic) bond motifs is 1. The Morgan fingerprint density at radius 3 is 2.50 bits per heavy atom. The maximum absolute atomic E-state index is 13.2. The molecule has 1 heterocycles. The second-order valence-corrected chi connectivity index (χ2v) is 8.95. The van der Waals surface area contributed by atoms with Gasteiger partial charge in [0.2, 0.25) is 10.0 Å². The number of aryl methyl sites for hydroxylation is 1. The summed E-state index contributed by atoms with van der Waals surface area (Å²) in [5, 5.41) is 0. The topological polar surface area (TPSA) is 64.6 Å². The molecule has 6 heteroatoms. The predicted octanol–water partition coefficient (Wildman–Crippen LogP) is 4.62. The van der Waals surface area contributed by atoms with E-state index >= 15 is 0 Å². The van der Waals surface area contributed by atoms with Crippen molar-refractivity contribution < 1.29 is 17.9 Å². The van der Waals surface area contributed by atoms with Crippen LogP contribution in [0.3, 0.4) is 0 Å². The molecule has 1 N–H and O–H groups in total. The van der Waals surface area contributed by atoms with Gasteiger partial charge in [-0.25, -0.2) is 13.1 Å². The Balaban J connectivity index is 1.97. The van der Waals surface area contributed by atoms with Crippen molar-refractivity contribution >= 4 is 10.0 Å². The average molecular weight is 404 g/mol. The number of rotatable bonds is 7. The first kappa shape index (κ1) is 20.7. The molecule has 28 heavy (non-hydrogen) atoms. The van der Waals surface area contributed by atoms with E-state index in [2.05, 4.69) is 18.6 Å². The van der Waals surface area contributed by atoms with Crippen LogP contribution >= 0.6 is 0 Å². The highest BCUT2D eigenvalue weighted by Crippen LogP contribution is 2.43. The van der Waals surface area contributed by atoms with Crippen molar-refractivity contribution in [1.82, 2.24) is 4.72 Å². The van der Waals surface area contributed by atoms with Crippen LogP contribution in [0, 0.1) is 0 Å². The molecule has 5 nitrogen and oxygen atoms in total. The summed E-state index contributed by atoms with van der Waals surface area (Å²) in [5.41, 5.74) is 1.39. The van der Waals surface area contributed by atoms with E-state index in [0.29, 0.717) is 18.6 Å². The molecule has 0 fully saturated rings. The lowest BCUT2D eigenvalue weighted by Gasteiger charge is -2.41. The number of methoxy groups -OCH3 is 1. The Labute approximate surface area is 168 Å². The number of para-hydroxylation sites is 1. The summed E-state index contributed by atoms with van der Waals surface area (Å²) in [6.07, 6.45) is 2.94. The standard InChI is InChI=1S/C22H29NO4S/c1-5-16-14-17(12-13-20(16)26-4)28(24,25)23-19-15-22(6-2,7-3)27-21-11-9-8-10-18(19)21/h8-14,19,23H,5-7,15H2,1-4H3/t19-/m0/s1. The number of sulfonamides is 1. The van der Waals surface area contributed by atoms with Crippen molar-refractivity contribution in [2.75, 3.05) is 7.11 Å². The molecule has 1 aliphatic rings. The fourth-order valence-electron chi connectivity index (χ4n) is 3.86. The predicted molar refractivity (Wildman–Crippen MR) is 110 cm³/mol. The van der Waals surface area contributed by atoms with Gasteiger partial charge in [0.25, 0.3) is 0 Å². The zero-order chi connectivity index (χ0) is 20.4. The summed E-state index contributed by atoms with van der Waals surface area (Å²) < 4.78 is 40.9. The van der Waals surface area contributed by atoms with Gasteiger partial charge in [-0.15, -0.1) is 0 Å². The largest absolute Gasteiger partial charge is 0.496 e. The Morgan fingerprint density at radius 1 is 1.14 bits per heavy atom. The number of hydrogen-bond acceptors (Lipinski definition) is 4. The van der Waals surface area contributed by atoms with Crippen LogP contribution in [-0.2, 0) is 16.4 Å². The smallest absolute Gasteiger partial charge is 0.241 e. The van der Waals surface area contributed by atoms with Crippen molar-refractivity contribution in [3.05, 3.63) is 53.6 Å². The highest BCUT2D eigenvalue weighted by molar-refractivity contribution is 7.89. The molecule has 0 bridgehead atoms. The van der Waals surface area contributed by atoms with Crippen molar-refractivity contribution in [3.8, 4) is 11.5 Å². The summed E-state index contributed by atoms with van der Waals surface area (Å²) in [6, 6.07) is 12.4. The fraction of sp³-hybridized carbons (Fsp3) is 0.455. The SMILES string of the molecule is CCc1cc(S(=O)(=O)N[C@H]2CC(CC)(CC)Oc3ccccc32)ccc1OC. The van der Waals surface area contributed by atoms with Gasteiger partial charge in [-0.05, 0) is 49.1 Å². The summed E-state index contributed by atoms with van der Waals surface area (Å²) in [5.74, 6) is 1.46. The van der Waals surface area contributed by atoms with Crippen LogP contribution in [0.2, 0.25) is 0 Å². The first-order valence-electron chi connectivity index (χ1n) is 9.85. The molecular weight excluding hydrogens is 374 g/mol. The quantitative estimate of drug-likeness (QED) is 0.733. The van der Waals surface area contributed by atoms with E-state index in [-0.39, 0.29) is 16.5 Å². The second kappa shape index (κ2) is 8.13. The van der Waals surface area contributed by atoms with Gasteiger partial charge in [-0.2, -0.15) is 0 Å². The number of hydrogen-bond donors (Lipinski definition) is 1. The lowest BCUT2D eigenvalue weighted by molar-refractivity contribution is 0.0260. The van der Waals surface area contributed by atoms with Crippen molar-refractivity contribution in [1.29, 1.82) is 0 Å². The molecule has 2 aromatic carbocycles.